The lowest BCUT2D eigenvalue weighted by molar-refractivity contribution is -0.117. The fraction of sp³-hybridized carbons (Fsp3) is 0.480. The molecule has 2 fully saturated rings. The zero-order valence-corrected chi connectivity index (χ0v) is 19.0. The Labute approximate surface area is 190 Å². The number of amides is 1. The molecule has 2 aromatic rings. The Hall–Kier alpha value is -3.09. The molecular weight excluding hydrogens is 400 g/mol. The van der Waals surface area contributed by atoms with Gasteiger partial charge >= 0.3 is 0 Å². The van der Waals surface area contributed by atoms with Crippen LogP contribution in [0.2, 0.25) is 0 Å². The van der Waals surface area contributed by atoms with Gasteiger partial charge in [0.15, 0.2) is 5.96 Å². The zero-order chi connectivity index (χ0) is 22.2. The third kappa shape index (κ3) is 5.78. The molecule has 32 heavy (non-hydrogen) atoms. The molecule has 3 heterocycles. The van der Waals surface area contributed by atoms with Crippen molar-refractivity contribution in [3.05, 3.63) is 53.7 Å². The lowest BCUT2D eigenvalue weighted by atomic mass is 10.2. The molecule has 0 unspecified atom stereocenters. The van der Waals surface area contributed by atoms with Crippen LogP contribution in [0, 0.1) is 0 Å². The van der Waals surface area contributed by atoms with Crippen molar-refractivity contribution in [2.75, 3.05) is 36.5 Å². The molecule has 170 valence electrons. The molecule has 0 atom stereocenters. The molecule has 0 bridgehead atoms. The highest BCUT2D eigenvalue weighted by Crippen LogP contribution is 2.21. The van der Waals surface area contributed by atoms with Gasteiger partial charge in [-0.1, -0.05) is 31.0 Å². The van der Waals surface area contributed by atoms with Gasteiger partial charge in [-0.25, -0.2) is 4.98 Å². The smallest absolute Gasteiger partial charge is 0.227 e. The number of hydrogen-bond donors (Lipinski definition) is 2. The summed E-state index contributed by atoms with van der Waals surface area (Å²) in [5.41, 5.74) is 3.26. The summed E-state index contributed by atoms with van der Waals surface area (Å²) in [7, 11) is 1.78. The van der Waals surface area contributed by atoms with Crippen LogP contribution in [0.3, 0.4) is 0 Å². The molecule has 0 saturated carbocycles. The minimum absolute atomic E-state index is 0.217. The predicted molar refractivity (Wildman–Crippen MR) is 130 cm³/mol. The van der Waals surface area contributed by atoms with Crippen LogP contribution in [0.15, 0.2) is 47.6 Å². The molecule has 2 aliphatic rings. The quantitative estimate of drug-likeness (QED) is 0.538. The van der Waals surface area contributed by atoms with E-state index in [0.717, 1.165) is 54.6 Å². The van der Waals surface area contributed by atoms with E-state index in [0.29, 0.717) is 19.5 Å². The summed E-state index contributed by atoms with van der Waals surface area (Å²) in [5.74, 6) is 2.05. The van der Waals surface area contributed by atoms with Crippen LogP contribution in [0.4, 0.5) is 11.5 Å². The first-order valence-electron chi connectivity index (χ1n) is 11.8. The van der Waals surface area contributed by atoms with Gasteiger partial charge in [-0.2, -0.15) is 0 Å². The number of anilines is 2. The van der Waals surface area contributed by atoms with Crippen molar-refractivity contribution >= 4 is 23.4 Å². The molecule has 0 radical (unpaired) electrons. The van der Waals surface area contributed by atoms with Gasteiger partial charge in [-0.15, -0.1) is 0 Å². The molecule has 0 aliphatic carbocycles. The number of hydrogen-bond acceptors (Lipinski definition) is 4. The second-order valence-electron chi connectivity index (χ2n) is 8.52. The number of carbonyl (C=O) groups excluding carboxylic acids is 1. The number of aliphatic imine (C=N–C) groups is 1. The third-order valence-corrected chi connectivity index (χ3v) is 6.20. The molecule has 1 aromatic carbocycles. The molecule has 1 aromatic heterocycles. The van der Waals surface area contributed by atoms with Gasteiger partial charge in [-0.3, -0.25) is 9.79 Å². The van der Waals surface area contributed by atoms with Crippen molar-refractivity contribution in [3.63, 3.8) is 0 Å². The van der Waals surface area contributed by atoms with E-state index in [4.69, 9.17) is 0 Å². The SMILES string of the molecule is CN=C(NCc1ccc(N2CCCC2=O)cc1)NCc1ccc(N2CCCCCC2)nc1. The molecule has 7 nitrogen and oxygen atoms in total. The Morgan fingerprint density at radius 1 is 0.906 bits per heavy atom. The highest BCUT2D eigenvalue weighted by Gasteiger charge is 2.21. The minimum atomic E-state index is 0.217. The Bertz CT molecular complexity index is 901. The molecule has 2 saturated heterocycles. The summed E-state index contributed by atoms with van der Waals surface area (Å²) >= 11 is 0. The van der Waals surface area contributed by atoms with Crippen LogP contribution in [0.1, 0.15) is 49.7 Å². The molecule has 1 amide bonds. The lowest BCUT2D eigenvalue weighted by Gasteiger charge is -2.21. The summed E-state index contributed by atoms with van der Waals surface area (Å²) in [6.45, 7) is 4.37. The number of guanidine groups is 1. The van der Waals surface area contributed by atoms with Crippen molar-refractivity contribution in [1.82, 2.24) is 15.6 Å². The predicted octanol–water partition coefficient (Wildman–Crippen LogP) is 3.45. The van der Waals surface area contributed by atoms with E-state index in [1.807, 2.05) is 23.2 Å². The summed E-state index contributed by atoms with van der Waals surface area (Å²) in [6, 6.07) is 12.4. The Morgan fingerprint density at radius 3 is 2.19 bits per heavy atom. The number of nitrogens with one attached hydrogen (secondary N) is 2. The molecule has 2 N–H and O–H groups in total. The van der Waals surface area contributed by atoms with E-state index < -0.39 is 0 Å². The van der Waals surface area contributed by atoms with E-state index >= 15 is 0 Å². The minimum Gasteiger partial charge on any atom is -0.357 e. The Kier molecular flexibility index (Phi) is 7.59. The summed E-state index contributed by atoms with van der Waals surface area (Å²) < 4.78 is 0. The van der Waals surface area contributed by atoms with Crippen molar-refractivity contribution in [1.29, 1.82) is 0 Å². The molecular formula is C25H34N6O. The van der Waals surface area contributed by atoms with E-state index in [2.05, 4.69) is 49.8 Å². The second-order valence-corrected chi connectivity index (χ2v) is 8.52. The van der Waals surface area contributed by atoms with Gasteiger partial charge in [0.2, 0.25) is 5.91 Å². The average molecular weight is 435 g/mol. The number of aromatic nitrogens is 1. The molecule has 4 rings (SSSR count). The van der Waals surface area contributed by atoms with Crippen molar-refractivity contribution < 1.29 is 4.79 Å². The first-order chi connectivity index (χ1) is 15.7. The van der Waals surface area contributed by atoms with E-state index in [1.54, 1.807) is 7.05 Å². The van der Waals surface area contributed by atoms with Gasteiger partial charge in [0, 0.05) is 58.1 Å². The fourth-order valence-corrected chi connectivity index (χ4v) is 4.32. The van der Waals surface area contributed by atoms with Crippen LogP contribution >= 0.6 is 0 Å². The van der Waals surface area contributed by atoms with Gasteiger partial charge in [-0.05, 0) is 48.6 Å². The maximum atomic E-state index is 11.9. The van der Waals surface area contributed by atoms with Crippen LogP contribution in [0.5, 0.6) is 0 Å². The van der Waals surface area contributed by atoms with Gasteiger partial charge < -0.3 is 20.4 Å². The molecule has 0 spiro atoms. The lowest BCUT2D eigenvalue weighted by Crippen LogP contribution is -2.36. The molecule has 7 heteroatoms. The first kappa shape index (κ1) is 22.1. The van der Waals surface area contributed by atoms with Gasteiger partial charge in [0.25, 0.3) is 0 Å². The zero-order valence-electron chi connectivity index (χ0n) is 19.0. The standard InChI is InChI=1S/C25H34N6O/c1-26-25(28-17-20-8-11-22(12-9-20)31-16-6-7-24(31)32)29-19-21-10-13-23(27-18-21)30-14-4-2-3-5-15-30/h8-13,18H,2-7,14-17,19H2,1H3,(H2,26,28,29). The first-order valence-corrected chi connectivity index (χ1v) is 11.8. The van der Waals surface area contributed by atoms with Crippen LogP contribution in [0.25, 0.3) is 0 Å². The maximum Gasteiger partial charge on any atom is 0.227 e. The van der Waals surface area contributed by atoms with E-state index in [1.165, 1.54) is 25.7 Å². The normalized spacial score (nSPS) is 17.4. The monoisotopic (exact) mass is 434 g/mol. The average Bonchev–Trinajstić information content (AvgIpc) is 3.08. The largest absolute Gasteiger partial charge is 0.357 e. The number of benzene rings is 1. The van der Waals surface area contributed by atoms with Crippen molar-refractivity contribution in [2.24, 2.45) is 4.99 Å². The van der Waals surface area contributed by atoms with Crippen LogP contribution in [-0.4, -0.2) is 43.5 Å². The van der Waals surface area contributed by atoms with E-state index in [-0.39, 0.29) is 5.91 Å². The van der Waals surface area contributed by atoms with Crippen LogP contribution < -0.4 is 20.4 Å². The molecule has 2 aliphatic heterocycles. The van der Waals surface area contributed by atoms with Gasteiger partial charge in [0.1, 0.15) is 5.82 Å². The summed E-state index contributed by atoms with van der Waals surface area (Å²) in [4.78, 5) is 25.2. The number of pyridine rings is 1. The number of carbonyl (C=O) groups is 1. The third-order valence-electron chi connectivity index (χ3n) is 6.20. The van der Waals surface area contributed by atoms with Crippen molar-refractivity contribution in [2.45, 2.75) is 51.6 Å². The topological polar surface area (TPSA) is 72.9 Å². The number of nitrogens with zero attached hydrogens (tertiary/aromatic N) is 4. The second kappa shape index (κ2) is 11.0. The summed E-state index contributed by atoms with van der Waals surface area (Å²) in [6.07, 6.45) is 8.72. The number of rotatable bonds is 6. The maximum absolute atomic E-state index is 11.9. The highest BCUT2D eigenvalue weighted by atomic mass is 16.2. The summed E-state index contributed by atoms with van der Waals surface area (Å²) in [5, 5.41) is 6.71. The Morgan fingerprint density at radius 2 is 1.59 bits per heavy atom. The Balaban J connectivity index is 1.24. The van der Waals surface area contributed by atoms with Crippen LogP contribution in [-0.2, 0) is 17.9 Å². The highest BCUT2D eigenvalue weighted by molar-refractivity contribution is 5.95. The van der Waals surface area contributed by atoms with E-state index in [9.17, 15) is 4.79 Å². The van der Waals surface area contributed by atoms with Crippen molar-refractivity contribution in [3.8, 4) is 0 Å². The fourth-order valence-electron chi connectivity index (χ4n) is 4.32. The van der Waals surface area contributed by atoms with Gasteiger partial charge in [0.05, 0.1) is 0 Å².